The van der Waals surface area contributed by atoms with Crippen LogP contribution in [0.15, 0.2) is 12.2 Å². The van der Waals surface area contributed by atoms with E-state index in [0.29, 0.717) is 6.42 Å². The normalized spacial score (nSPS) is 11.1. The first-order valence-corrected chi connectivity index (χ1v) is 9.84. The fraction of sp³-hybridized carbons (Fsp3) is 0.833. The first kappa shape index (κ1) is 21.0. The van der Waals surface area contributed by atoms with E-state index in [-0.39, 0.29) is 5.97 Å². The number of unbranched alkanes of at least 4 members (excludes halogenated alkanes) is 11. The van der Waals surface area contributed by atoms with Crippen LogP contribution < -0.4 is 0 Å². The van der Waals surface area contributed by atoms with Crippen LogP contribution in [0.4, 0.5) is 0 Å². The zero-order valence-corrected chi connectivity index (χ0v) is 16.4. The Morgan fingerprint density at radius 1 is 0.810 bits per heavy atom. The van der Waals surface area contributed by atoms with E-state index in [4.69, 9.17) is 0 Å². The molecule has 0 aliphatic rings. The number of carbonyl (C=O) groups excluding carboxylic acids is 1. The monoisotopic (exact) mass is 402 g/mol. The maximum atomic E-state index is 10.9. The van der Waals surface area contributed by atoms with Gasteiger partial charge in [0, 0.05) is 0 Å². The van der Waals surface area contributed by atoms with Gasteiger partial charge in [-0.2, -0.15) is 0 Å². The third kappa shape index (κ3) is 18.0. The molecule has 3 heteroatoms. The van der Waals surface area contributed by atoms with E-state index in [9.17, 15) is 4.79 Å². The number of hydrogen-bond donors (Lipinski definition) is 0. The van der Waals surface area contributed by atoms with E-state index >= 15 is 0 Å². The van der Waals surface area contributed by atoms with Crippen molar-refractivity contribution in [2.24, 2.45) is 0 Å². The Kier molecular flexibility index (Phi) is 18.1. The topological polar surface area (TPSA) is 26.3 Å². The number of hydrogen-bond acceptors (Lipinski definition) is 2. The van der Waals surface area contributed by atoms with Gasteiger partial charge in [0.05, 0.1) is 0 Å². The van der Waals surface area contributed by atoms with Gasteiger partial charge in [-0.3, -0.25) is 0 Å². The van der Waals surface area contributed by atoms with Gasteiger partial charge in [0.1, 0.15) is 0 Å². The Bertz CT molecular complexity index is 252. The first-order chi connectivity index (χ1) is 10.3. The van der Waals surface area contributed by atoms with Gasteiger partial charge in [-0.25, -0.2) is 0 Å². The first-order valence-electron chi connectivity index (χ1n) is 8.80. The van der Waals surface area contributed by atoms with Gasteiger partial charge >= 0.3 is 101 Å². The second-order valence-corrected chi connectivity index (χ2v) is 6.32. The summed E-state index contributed by atoms with van der Waals surface area (Å²) in [5.74, 6) is -0.0540. The van der Waals surface area contributed by atoms with Crippen LogP contribution in [0.25, 0.3) is 0 Å². The van der Waals surface area contributed by atoms with Crippen LogP contribution in [0.2, 0.25) is 0 Å². The minimum atomic E-state index is -0.0540. The summed E-state index contributed by atoms with van der Waals surface area (Å²) in [7, 11) is 0. The van der Waals surface area contributed by atoms with Crippen molar-refractivity contribution >= 4 is 29.4 Å². The molecular weight excluding hydrogens is 370 g/mol. The molecule has 0 N–H and O–H groups in total. The molecule has 0 fully saturated rings. The molecule has 0 amide bonds. The van der Waals surface area contributed by atoms with Crippen LogP contribution in [0.1, 0.15) is 96.8 Å². The van der Waals surface area contributed by atoms with Gasteiger partial charge in [-0.05, 0) is 6.42 Å². The van der Waals surface area contributed by atoms with E-state index in [2.05, 4.69) is 22.1 Å². The molecule has 122 valence electrons. The van der Waals surface area contributed by atoms with E-state index in [1.54, 1.807) is 0 Å². The van der Waals surface area contributed by atoms with Gasteiger partial charge in [0.25, 0.3) is 0 Å². The molecule has 21 heavy (non-hydrogen) atoms. The molecule has 2 nitrogen and oxygen atoms in total. The molecule has 0 atom stereocenters. The number of rotatable bonds is 15. The van der Waals surface area contributed by atoms with Crippen molar-refractivity contribution in [3.63, 3.8) is 0 Å². The predicted molar refractivity (Wildman–Crippen MR) is 91.3 cm³/mol. The summed E-state index contributed by atoms with van der Waals surface area (Å²) < 4.78 is 4.67. The van der Waals surface area contributed by atoms with Crippen molar-refractivity contribution in [2.45, 2.75) is 96.8 Å². The van der Waals surface area contributed by atoms with Crippen LogP contribution in [-0.2, 0) is 7.81 Å². The van der Waals surface area contributed by atoms with Gasteiger partial charge in [-0.15, -0.1) is 0 Å². The summed E-state index contributed by atoms with van der Waals surface area (Å²) in [6.07, 6.45) is 22.0. The summed E-state index contributed by atoms with van der Waals surface area (Å²) in [6, 6.07) is 0. The molecule has 0 aromatic heterocycles. The van der Waals surface area contributed by atoms with Gasteiger partial charge in [0.15, 0.2) is 0 Å². The van der Waals surface area contributed by atoms with Crippen molar-refractivity contribution in [3.8, 4) is 0 Å². The predicted octanol–water partition coefficient (Wildman–Crippen LogP) is 5.65. The summed E-state index contributed by atoms with van der Waals surface area (Å²) in [6.45, 7) is 2.27. The molecule has 0 aliphatic heterocycles. The van der Waals surface area contributed by atoms with E-state index in [0.717, 1.165) is 36.3 Å². The van der Waals surface area contributed by atoms with Crippen molar-refractivity contribution in [3.05, 3.63) is 12.2 Å². The fourth-order valence-electron chi connectivity index (χ4n) is 2.39. The van der Waals surface area contributed by atoms with E-state index in [1.165, 1.54) is 70.6 Å². The summed E-state index contributed by atoms with van der Waals surface area (Å²) in [5.41, 5.74) is 0. The Labute approximate surface area is 146 Å². The molecule has 0 unspecified atom stereocenters. The molecule has 0 aromatic rings. The van der Waals surface area contributed by atoms with Crippen molar-refractivity contribution in [1.29, 1.82) is 0 Å². The van der Waals surface area contributed by atoms with Crippen LogP contribution in [0.5, 0.6) is 0 Å². The Hall–Kier alpha value is 0.0282. The average Bonchev–Trinajstić information content (AvgIpc) is 2.50. The standard InChI is InChI=1S/C18H34O2.Sb/c1-2-3-4-5-6-7-8-9-10-11-12-13-14-15-16-17-18(19)20;/h9-10H,2-8,11-17H2,1H3,(H,19,20);/q;+1/p-1/b10-9-;. The number of allylic oxidation sites excluding steroid dienone is 2. The van der Waals surface area contributed by atoms with E-state index < -0.39 is 0 Å². The third-order valence-corrected chi connectivity index (χ3v) is 4.33. The van der Waals surface area contributed by atoms with Crippen LogP contribution >= 0.6 is 0 Å². The zero-order chi connectivity index (χ0) is 15.6. The number of carbonyl (C=O) groups is 1. The van der Waals surface area contributed by atoms with Crippen LogP contribution in [0, 0.1) is 0 Å². The Morgan fingerprint density at radius 2 is 1.29 bits per heavy atom. The van der Waals surface area contributed by atoms with E-state index in [1.807, 2.05) is 0 Å². The van der Waals surface area contributed by atoms with Crippen molar-refractivity contribution in [1.82, 2.24) is 0 Å². The molecule has 0 bridgehead atoms. The zero-order valence-electron chi connectivity index (χ0n) is 13.8. The molecular formula is C18H33O2Sb. The molecule has 0 saturated carbocycles. The summed E-state index contributed by atoms with van der Waals surface area (Å²) >= 11 is 1.13. The second kappa shape index (κ2) is 18.1. The minimum absolute atomic E-state index is 0.0540. The molecule has 2 radical (unpaired) electrons. The SMILES string of the molecule is CCCCCCCC/C=C\CCCCCCCC(=O)[O][Sb]. The van der Waals surface area contributed by atoms with Gasteiger partial charge in [-0.1, -0.05) is 39.0 Å². The fourth-order valence-corrected chi connectivity index (χ4v) is 2.65. The summed E-state index contributed by atoms with van der Waals surface area (Å²) in [4.78, 5) is 10.9. The molecule has 0 saturated heterocycles. The Balaban J connectivity index is 3.10. The Morgan fingerprint density at radius 3 is 1.81 bits per heavy atom. The quantitative estimate of drug-likeness (QED) is 0.201. The third-order valence-electron chi connectivity index (χ3n) is 3.74. The summed E-state index contributed by atoms with van der Waals surface area (Å²) in [5, 5.41) is 0. The molecule has 0 rings (SSSR count). The molecule has 0 aliphatic carbocycles. The maximum absolute atomic E-state index is 10.9. The molecule has 0 aromatic carbocycles. The molecule has 0 spiro atoms. The van der Waals surface area contributed by atoms with Crippen molar-refractivity contribution in [2.75, 3.05) is 0 Å². The van der Waals surface area contributed by atoms with Gasteiger partial charge in [0.2, 0.25) is 0 Å². The molecule has 0 heterocycles. The van der Waals surface area contributed by atoms with Crippen LogP contribution in [-0.4, -0.2) is 29.4 Å². The van der Waals surface area contributed by atoms with Crippen molar-refractivity contribution < 1.29 is 7.81 Å². The second-order valence-electron chi connectivity index (χ2n) is 5.80. The van der Waals surface area contributed by atoms with Crippen LogP contribution in [0.3, 0.4) is 0 Å². The average molecular weight is 403 g/mol. The van der Waals surface area contributed by atoms with Gasteiger partial charge < -0.3 is 0 Å².